The normalized spacial score (nSPS) is 10.4. The molecule has 0 spiro atoms. The van der Waals surface area contributed by atoms with Crippen LogP contribution < -0.4 is 5.32 Å². The number of nitro benzene ring substituents is 1. The molecule has 0 aliphatic heterocycles. The molecule has 0 aliphatic rings. The molecule has 2 aromatic carbocycles. The molecular weight excluding hydrogens is 402 g/mol. The second-order valence-electron chi connectivity index (χ2n) is 4.77. The van der Waals surface area contributed by atoms with Gasteiger partial charge in [-0.3, -0.25) is 14.9 Å². The SMILES string of the molecule is Cc1cc(I)ccc1NC(=O)c1cc(F)c(C)c([N+](=O)[O-])c1. The standard InChI is InChI=1S/C15H12FIN2O3/c1-8-5-11(17)3-4-13(8)18-15(20)10-6-12(16)9(2)14(7-10)19(21)22/h3-7H,1-2H3,(H,18,20). The van der Waals surface area contributed by atoms with Gasteiger partial charge in [0.05, 0.1) is 10.5 Å². The third kappa shape index (κ3) is 3.41. The van der Waals surface area contributed by atoms with Gasteiger partial charge in [0.25, 0.3) is 11.6 Å². The highest BCUT2D eigenvalue weighted by Gasteiger charge is 2.19. The molecule has 0 radical (unpaired) electrons. The number of amides is 1. The summed E-state index contributed by atoms with van der Waals surface area (Å²) >= 11 is 2.15. The minimum Gasteiger partial charge on any atom is -0.322 e. The number of carbonyl (C=O) groups excluding carboxylic acids is 1. The lowest BCUT2D eigenvalue weighted by molar-refractivity contribution is -0.385. The van der Waals surface area contributed by atoms with E-state index in [9.17, 15) is 19.3 Å². The fourth-order valence-corrected chi connectivity index (χ4v) is 2.59. The van der Waals surface area contributed by atoms with Gasteiger partial charge in [-0.25, -0.2) is 4.39 Å². The van der Waals surface area contributed by atoms with E-state index in [0.717, 1.165) is 21.3 Å². The van der Waals surface area contributed by atoms with E-state index >= 15 is 0 Å². The van der Waals surface area contributed by atoms with Crippen LogP contribution in [-0.2, 0) is 0 Å². The predicted octanol–water partition coefficient (Wildman–Crippen LogP) is 4.21. The lowest BCUT2D eigenvalue weighted by atomic mass is 10.1. The third-order valence-electron chi connectivity index (χ3n) is 3.21. The highest BCUT2D eigenvalue weighted by Crippen LogP contribution is 2.24. The van der Waals surface area contributed by atoms with Gasteiger partial charge < -0.3 is 5.32 Å². The monoisotopic (exact) mass is 414 g/mol. The van der Waals surface area contributed by atoms with Gasteiger partial charge in [-0.15, -0.1) is 0 Å². The van der Waals surface area contributed by atoms with Crippen molar-refractivity contribution >= 4 is 39.9 Å². The quantitative estimate of drug-likeness (QED) is 0.465. The average molecular weight is 414 g/mol. The molecule has 114 valence electrons. The Labute approximate surface area is 139 Å². The van der Waals surface area contributed by atoms with E-state index in [1.807, 2.05) is 19.1 Å². The summed E-state index contributed by atoms with van der Waals surface area (Å²) in [5.41, 5.74) is 0.834. The summed E-state index contributed by atoms with van der Waals surface area (Å²) in [7, 11) is 0. The number of carbonyl (C=O) groups is 1. The fourth-order valence-electron chi connectivity index (χ4n) is 1.95. The van der Waals surface area contributed by atoms with Crippen molar-refractivity contribution in [2.75, 3.05) is 5.32 Å². The number of nitrogens with zero attached hydrogens (tertiary/aromatic N) is 1. The lowest BCUT2D eigenvalue weighted by Gasteiger charge is -2.09. The maximum Gasteiger partial charge on any atom is 0.276 e. The summed E-state index contributed by atoms with van der Waals surface area (Å²) in [6.07, 6.45) is 0. The van der Waals surface area contributed by atoms with Crippen molar-refractivity contribution < 1.29 is 14.1 Å². The van der Waals surface area contributed by atoms with Crippen LogP contribution in [0.25, 0.3) is 0 Å². The Morgan fingerprint density at radius 1 is 1.27 bits per heavy atom. The predicted molar refractivity (Wildman–Crippen MR) is 89.6 cm³/mol. The summed E-state index contributed by atoms with van der Waals surface area (Å²) in [6, 6.07) is 7.51. The molecule has 0 saturated carbocycles. The Morgan fingerprint density at radius 3 is 2.55 bits per heavy atom. The van der Waals surface area contributed by atoms with E-state index in [0.29, 0.717) is 5.69 Å². The maximum absolute atomic E-state index is 13.7. The minimum absolute atomic E-state index is 0.0900. The molecular formula is C15H12FIN2O3. The smallest absolute Gasteiger partial charge is 0.276 e. The van der Waals surface area contributed by atoms with Crippen LogP contribution >= 0.6 is 22.6 Å². The van der Waals surface area contributed by atoms with Crippen molar-refractivity contribution in [1.29, 1.82) is 0 Å². The van der Waals surface area contributed by atoms with Crippen molar-refractivity contribution in [3.63, 3.8) is 0 Å². The molecule has 5 nitrogen and oxygen atoms in total. The summed E-state index contributed by atoms with van der Waals surface area (Å²) < 4.78 is 14.8. The number of anilines is 1. The number of aryl methyl sites for hydroxylation is 1. The molecule has 7 heteroatoms. The van der Waals surface area contributed by atoms with Gasteiger partial charge in [0, 0.05) is 20.9 Å². The molecule has 0 fully saturated rings. The molecule has 0 aliphatic carbocycles. The fraction of sp³-hybridized carbons (Fsp3) is 0.133. The summed E-state index contributed by atoms with van der Waals surface area (Å²) in [6.45, 7) is 3.13. The van der Waals surface area contributed by atoms with Crippen LogP contribution in [0.15, 0.2) is 30.3 Å². The van der Waals surface area contributed by atoms with E-state index in [4.69, 9.17) is 0 Å². The van der Waals surface area contributed by atoms with Gasteiger partial charge in [0.1, 0.15) is 5.82 Å². The Kier molecular flexibility index (Phi) is 4.74. The summed E-state index contributed by atoms with van der Waals surface area (Å²) in [5.74, 6) is -1.37. The van der Waals surface area contributed by atoms with Crippen LogP contribution in [0.4, 0.5) is 15.8 Å². The molecule has 1 N–H and O–H groups in total. The molecule has 0 atom stereocenters. The number of rotatable bonds is 3. The van der Waals surface area contributed by atoms with Crippen molar-refractivity contribution in [1.82, 2.24) is 0 Å². The topological polar surface area (TPSA) is 72.2 Å². The van der Waals surface area contributed by atoms with Crippen molar-refractivity contribution in [2.24, 2.45) is 0 Å². The molecule has 0 unspecified atom stereocenters. The Bertz CT molecular complexity index is 778. The lowest BCUT2D eigenvalue weighted by Crippen LogP contribution is -2.14. The second kappa shape index (κ2) is 6.39. The average Bonchev–Trinajstić information content (AvgIpc) is 2.44. The zero-order chi connectivity index (χ0) is 16.4. The van der Waals surface area contributed by atoms with Gasteiger partial charge in [0.15, 0.2) is 0 Å². The second-order valence-corrected chi connectivity index (χ2v) is 6.02. The third-order valence-corrected chi connectivity index (χ3v) is 3.88. The highest BCUT2D eigenvalue weighted by atomic mass is 127. The van der Waals surface area contributed by atoms with Crippen LogP contribution in [0.1, 0.15) is 21.5 Å². The number of hydrogen-bond acceptors (Lipinski definition) is 3. The summed E-state index contributed by atoms with van der Waals surface area (Å²) in [5, 5.41) is 13.5. The van der Waals surface area contributed by atoms with Crippen molar-refractivity contribution in [3.8, 4) is 0 Å². The van der Waals surface area contributed by atoms with Crippen LogP contribution in [-0.4, -0.2) is 10.8 Å². The van der Waals surface area contributed by atoms with E-state index in [1.54, 1.807) is 6.07 Å². The zero-order valence-corrected chi connectivity index (χ0v) is 14.0. The van der Waals surface area contributed by atoms with E-state index in [-0.39, 0.29) is 11.1 Å². The molecule has 1 amide bonds. The first-order chi connectivity index (χ1) is 10.3. The van der Waals surface area contributed by atoms with Crippen LogP contribution in [0.2, 0.25) is 0 Å². The highest BCUT2D eigenvalue weighted by molar-refractivity contribution is 14.1. The van der Waals surface area contributed by atoms with Gasteiger partial charge in [-0.1, -0.05) is 0 Å². The van der Waals surface area contributed by atoms with E-state index < -0.39 is 22.3 Å². The molecule has 22 heavy (non-hydrogen) atoms. The molecule has 2 rings (SSSR count). The minimum atomic E-state index is -0.779. The Balaban J connectivity index is 2.35. The number of nitro groups is 1. The number of benzene rings is 2. The zero-order valence-electron chi connectivity index (χ0n) is 11.8. The van der Waals surface area contributed by atoms with Crippen LogP contribution in [0, 0.1) is 33.3 Å². The van der Waals surface area contributed by atoms with E-state index in [1.165, 1.54) is 6.92 Å². The van der Waals surface area contributed by atoms with Crippen LogP contribution in [0.3, 0.4) is 0 Å². The van der Waals surface area contributed by atoms with Gasteiger partial charge in [0.2, 0.25) is 0 Å². The molecule has 0 heterocycles. The van der Waals surface area contributed by atoms with Crippen molar-refractivity contribution in [3.05, 3.63) is 66.5 Å². The first kappa shape index (κ1) is 16.3. The van der Waals surface area contributed by atoms with E-state index in [2.05, 4.69) is 27.9 Å². The van der Waals surface area contributed by atoms with Gasteiger partial charge in [-0.2, -0.15) is 0 Å². The molecule has 0 saturated heterocycles. The Morgan fingerprint density at radius 2 is 1.95 bits per heavy atom. The molecule has 0 bridgehead atoms. The van der Waals surface area contributed by atoms with Crippen LogP contribution in [0.5, 0.6) is 0 Å². The maximum atomic E-state index is 13.7. The van der Waals surface area contributed by atoms with Crippen molar-refractivity contribution in [2.45, 2.75) is 13.8 Å². The molecule has 2 aromatic rings. The molecule has 0 aromatic heterocycles. The first-order valence-electron chi connectivity index (χ1n) is 6.31. The summed E-state index contributed by atoms with van der Waals surface area (Å²) in [4.78, 5) is 22.4. The van der Waals surface area contributed by atoms with Gasteiger partial charge >= 0.3 is 0 Å². The largest absolute Gasteiger partial charge is 0.322 e. The number of nitrogens with one attached hydrogen (secondary N) is 1. The number of hydrogen-bond donors (Lipinski definition) is 1. The first-order valence-corrected chi connectivity index (χ1v) is 7.39. The number of halogens is 2. The Hall–Kier alpha value is -2.03. The van der Waals surface area contributed by atoms with Gasteiger partial charge in [-0.05, 0) is 66.3 Å².